The highest BCUT2D eigenvalue weighted by Gasteiger charge is 2.42. The minimum absolute atomic E-state index is 0.00719. The highest BCUT2D eigenvalue weighted by atomic mass is 32.1. The van der Waals surface area contributed by atoms with Gasteiger partial charge in [0.15, 0.2) is 5.96 Å². The number of aromatic nitrogens is 1. The van der Waals surface area contributed by atoms with Crippen molar-refractivity contribution in [1.29, 1.82) is 0 Å². The van der Waals surface area contributed by atoms with Crippen LogP contribution in [0.25, 0.3) is 0 Å². The van der Waals surface area contributed by atoms with Crippen molar-refractivity contribution in [3.8, 4) is 0 Å². The lowest BCUT2D eigenvalue weighted by Crippen LogP contribution is -2.39. The Morgan fingerprint density at radius 3 is 2.75 bits per heavy atom. The van der Waals surface area contributed by atoms with Crippen LogP contribution >= 0.6 is 11.3 Å². The van der Waals surface area contributed by atoms with E-state index < -0.39 is 11.6 Å². The molecule has 1 aromatic heterocycles. The minimum atomic E-state index is -0.482. The number of rotatable bonds is 5. The van der Waals surface area contributed by atoms with Gasteiger partial charge in [-0.15, -0.1) is 11.3 Å². The van der Waals surface area contributed by atoms with Crippen LogP contribution in [0.1, 0.15) is 34.7 Å². The van der Waals surface area contributed by atoms with Gasteiger partial charge in [-0.2, -0.15) is 0 Å². The van der Waals surface area contributed by atoms with Gasteiger partial charge < -0.3 is 10.6 Å². The number of nitrogens with zero attached hydrogens (tertiary/aromatic N) is 2. The van der Waals surface area contributed by atoms with Gasteiger partial charge >= 0.3 is 0 Å². The fourth-order valence-corrected chi connectivity index (χ4v) is 3.37. The smallest absolute Gasteiger partial charge is 0.191 e. The second-order valence-electron chi connectivity index (χ2n) is 5.79. The molecule has 1 aromatic carbocycles. The maximum Gasteiger partial charge on any atom is 0.191 e. The highest BCUT2D eigenvalue weighted by Crippen LogP contribution is 2.43. The quantitative estimate of drug-likeness (QED) is 0.642. The zero-order valence-electron chi connectivity index (χ0n) is 13.6. The number of guanidine groups is 1. The molecule has 0 spiro atoms. The maximum atomic E-state index is 13.9. The van der Waals surface area contributed by atoms with E-state index in [0.29, 0.717) is 25.5 Å². The monoisotopic (exact) mass is 350 g/mol. The fourth-order valence-electron chi connectivity index (χ4n) is 2.66. The van der Waals surface area contributed by atoms with Crippen molar-refractivity contribution in [2.75, 3.05) is 6.54 Å². The third-order valence-electron chi connectivity index (χ3n) is 3.87. The molecule has 0 aliphatic heterocycles. The molecule has 1 aliphatic rings. The van der Waals surface area contributed by atoms with Crippen molar-refractivity contribution in [3.05, 3.63) is 51.5 Å². The summed E-state index contributed by atoms with van der Waals surface area (Å²) in [5, 5.41) is 7.36. The summed E-state index contributed by atoms with van der Waals surface area (Å²) in [6.45, 7) is 5.19. The summed E-state index contributed by atoms with van der Waals surface area (Å²) in [6, 6.07) is 3.99. The van der Waals surface area contributed by atoms with Crippen molar-refractivity contribution >= 4 is 17.3 Å². The van der Waals surface area contributed by atoms with Gasteiger partial charge in [-0.1, -0.05) is 6.07 Å². The molecule has 0 bridgehead atoms. The standard InChI is InChI=1S/C17H20F2N4S/c1-3-20-17(22-9-15-21-8-10(2)24-15)23-14-7-11(14)16-12(18)5-4-6-13(16)19/h4-6,8,11,14H,3,7,9H2,1-2H3,(H2,20,22,23). The van der Waals surface area contributed by atoms with Gasteiger partial charge in [0.25, 0.3) is 0 Å². The van der Waals surface area contributed by atoms with Crippen molar-refractivity contribution in [2.45, 2.75) is 38.8 Å². The Labute approximate surface area is 144 Å². The molecule has 1 fully saturated rings. The van der Waals surface area contributed by atoms with Crippen LogP contribution in [-0.2, 0) is 6.54 Å². The summed E-state index contributed by atoms with van der Waals surface area (Å²) in [5.41, 5.74) is 0.168. The van der Waals surface area contributed by atoms with E-state index >= 15 is 0 Å². The first-order valence-corrected chi connectivity index (χ1v) is 8.80. The van der Waals surface area contributed by atoms with Crippen LogP contribution in [0.15, 0.2) is 29.4 Å². The van der Waals surface area contributed by atoms with Crippen LogP contribution in [0.2, 0.25) is 0 Å². The second kappa shape index (κ2) is 7.25. The molecule has 2 unspecified atom stereocenters. The van der Waals surface area contributed by atoms with Gasteiger partial charge in [-0.3, -0.25) is 0 Å². The number of aryl methyl sites for hydroxylation is 1. The predicted molar refractivity (Wildman–Crippen MR) is 92.3 cm³/mol. The molecule has 3 rings (SSSR count). The molecule has 128 valence electrons. The minimum Gasteiger partial charge on any atom is -0.357 e. The van der Waals surface area contributed by atoms with E-state index in [-0.39, 0.29) is 17.5 Å². The second-order valence-corrected chi connectivity index (χ2v) is 7.11. The first-order chi connectivity index (χ1) is 11.6. The number of nitrogens with one attached hydrogen (secondary N) is 2. The summed E-state index contributed by atoms with van der Waals surface area (Å²) >= 11 is 1.61. The van der Waals surface area contributed by atoms with E-state index in [1.165, 1.54) is 18.2 Å². The zero-order valence-corrected chi connectivity index (χ0v) is 14.5. The molecule has 2 atom stereocenters. The Morgan fingerprint density at radius 1 is 1.38 bits per heavy atom. The lowest BCUT2D eigenvalue weighted by atomic mass is 10.1. The topological polar surface area (TPSA) is 49.3 Å². The van der Waals surface area contributed by atoms with Crippen molar-refractivity contribution in [1.82, 2.24) is 15.6 Å². The van der Waals surface area contributed by atoms with Gasteiger partial charge in [0.05, 0.1) is 6.54 Å². The Balaban J connectivity index is 1.65. The average molecular weight is 350 g/mol. The normalized spacial score (nSPS) is 20.1. The van der Waals surface area contributed by atoms with E-state index in [4.69, 9.17) is 0 Å². The molecule has 4 nitrogen and oxygen atoms in total. The highest BCUT2D eigenvalue weighted by molar-refractivity contribution is 7.11. The number of benzene rings is 1. The number of hydrogen-bond donors (Lipinski definition) is 2. The Morgan fingerprint density at radius 2 is 2.12 bits per heavy atom. The van der Waals surface area contributed by atoms with Crippen molar-refractivity contribution in [3.63, 3.8) is 0 Å². The molecular weight excluding hydrogens is 330 g/mol. The van der Waals surface area contributed by atoms with Gasteiger partial charge in [0.1, 0.15) is 16.6 Å². The van der Waals surface area contributed by atoms with Crippen LogP contribution in [0, 0.1) is 18.6 Å². The van der Waals surface area contributed by atoms with Gasteiger partial charge in [0.2, 0.25) is 0 Å². The first-order valence-electron chi connectivity index (χ1n) is 7.98. The van der Waals surface area contributed by atoms with Crippen LogP contribution in [-0.4, -0.2) is 23.5 Å². The molecule has 0 radical (unpaired) electrons. The number of halogens is 2. The van der Waals surface area contributed by atoms with Crippen LogP contribution < -0.4 is 10.6 Å². The van der Waals surface area contributed by atoms with Crippen molar-refractivity contribution in [2.24, 2.45) is 4.99 Å². The Bertz CT molecular complexity index is 724. The third kappa shape index (κ3) is 3.90. The summed E-state index contributed by atoms with van der Waals surface area (Å²) in [4.78, 5) is 9.94. The lowest BCUT2D eigenvalue weighted by molar-refractivity contribution is 0.553. The zero-order chi connectivity index (χ0) is 17.1. The van der Waals surface area contributed by atoms with E-state index in [1.54, 1.807) is 11.3 Å². The van der Waals surface area contributed by atoms with E-state index in [0.717, 1.165) is 9.88 Å². The van der Waals surface area contributed by atoms with Crippen LogP contribution in [0.3, 0.4) is 0 Å². The van der Waals surface area contributed by atoms with E-state index in [9.17, 15) is 8.78 Å². The summed E-state index contributed by atoms with van der Waals surface area (Å²) < 4.78 is 27.7. The SMILES string of the molecule is CCNC(=NCc1ncc(C)s1)NC1CC1c1c(F)cccc1F. The Kier molecular flexibility index (Phi) is 5.08. The Hall–Kier alpha value is -2.02. The lowest BCUT2D eigenvalue weighted by Gasteiger charge is -2.11. The predicted octanol–water partition coefficient (Wildman–Crippen LogP) is 3.34. The summed E-state index contributed by atoms with van der Waals surface area (Å²) in [7, 11) is 0. The molecule has 0 saturated heterocycles. The third-order valence-corrected chi connectivity index (χ3v) is 4.77. The summed E-state index contributed by atoms with van der Waals surface area (Å²) in [6.07, 6.45) is 2.52. The molecule has 1 aliphatic carbocycles. The molecule has 24 heavy (non-hydrogen) atoms. The first kappa shape index (κ1) is 16.8. The van der Waals surface area contributed by atoms with Crippen LogP contribution in [0.4, 0.5) is 8.78 Å². The molecule has 1 saturated carbocycles. The molecule has 1 heterocycles. The van der Waals surface area contributed by atoms with Gasteiger partial charge in [-0.25, -0.2) is 18.8 Å². The van der Waals surface area contributed by atoms with Gasteiger partial charge in [-0.05, 0) is 32.4 Å². The van der Waals surface area contributed by atoms with Gasteiger partial charge in [0, 0.05) is 35.1 Å². The number of thiazole rings is 1. The van der Waals surface area contributed by atoms with E-state index in [1.807, 2.05) is 20.0 Å². The molecule has 0 amide bonds. The number of hydrogen-bond acceptors (Lipinski definition) is 3. The number of aliphatic imine (C=N–C) groups is 1. The average Bonchev–Trinajstić information content (AvgIpc) is 3.15. The molecule has 7 heteroatoms. The maximum absolute atomic E-state index is 13.9. The molecular formula is C17H20F2N4S. The largest absolute Gasteiger partial charge is 0.357 e. The van der Waals surface area contributed by atoms with Crippen molar-refractivity contribution < 1.29 is 8.78 Å². The van der Waals surface area contributed by atoms with Crippen LogP contribution in [0.5, 0.6) is 0 Å². The molecule has 2 aromatic rings. The summed E-state index contributed by atoms with van der Waals surface area (Å²) in [5.74, 6) is -0.472. The van der Waals surface area contributed by atoms with E-state index in [2.05, 4.69) is 20.6 Å². The fraction of sp³-hybridized carbons (Fsp3) is 0.412. The molecule has 2 N–H and O–H groups in total.